The lowest BCUT2D eigenvalue weighted by Gasteiger charge is -2.33. The summed E-state index contributed by atoms with van der Waals surface area (Å²) in [4.78, 5) is 33.5. The lowest BCUT2D eigenvalue weighted by Crippen LogP contribution is -2.40. The Labute approximate surface area is 186 Å². The number of imidazole rings is 1. The number of aromatic nitrogens is 4. The van der Waals surface area contributed by atoms with E-state index < -0.39 is 0 Å². The number of carbonyl (C=O) groups excluding carboxylic acids is 1. The molecule has 1 aliphatic rings. The number of carbonyl (C=O) groups is 1. The lowest BCUT2D eigenvalue weighted by atomic mass is 10.0. The summed E-state index contributed by atoms with van der Waals surface area (Å²) in [6.45, 7) is 0.592. The number of aromatic amines is 1. The number of hydrogen-bond donors (Lipinski definition) is 1. The molecule has 1 amide bonds. The molecule has 1 N–H and O–H groups in total. The number of nitrogens with zero attached hydrogens (tertiary/aromatic N) is 4. The van der Waals surface area contributed by atoms with Crippen LogP contribution in [-0.2, 0) is 6.42 Å². The molecule has 0 fully saturated rings. The van der Waals surface area contributed by atoms with Gasteiger partial charge < -0.3 is 9.88 Å². The molecule has 8 heteroatoms. The molecule has 3 aromatic heterocycles. The first kappa shape index (κ1) is 18.4. The lowest BCUT2D eigenvalue weighted by molar-refractivity contribution is 0.0690. The van der Waals surface area contributed by atoms with Gasteiger partial charge in [-0.1, -0.05) is 42.5 Å². The van der Waals surface area contributed by atoms with E-state index in [0.29, 0.717) is 11.6 Å². The Bertz CT molecular complexity index is 1350. The van der Waals surface area contributed by atoms with E-state index >= 15 is 0 Å². The minimum Gasteiger partial charge on any atom is -0.348 e. The van der Waals surface area contributed by atoms with Crippen molar-refractivity contribution >= 4 is 38.8 Å². The third kappa shape index (κ3) is 3.15. The van der Waals surface area contributed by atoms with E-state index in [0.717, 1.165) is 43.5 Å². The smallest absolute Gasteiger partial charge is 0.283 e. The molecule has 0 unspecified atom stereocenters. The highest BCUT2D eigenvalue weighted by Gasteiger charge is 2.37. The average molecular weight is 444 g/mol. The van der Waals surface area contributed by atoms with Gasteiger partial charge in [0.15, 0.2) is 5.01 Å². The Hall–Kier alpha value is -3.36. The van der Waals surface area contributed by atoms with Gasteiger partial charge in [-0.05, 0) is 17.7 Å². The Morgan fingerprint density at radius 1 is 1.03 bits per heavy atom. The second-order valence-electron chi connectivity index (χ2n) is 7.33. The van der Waals surface area contributed by atoms with Gasteiger partial charge in [-0.15, -0.1) is 22.7 Å². The molecular formula is C23H17N5OS2. The number of thiazole rings is 2. The number of H-pyrrole nitrogens is 1. The standard InChI is InChI=1S/C23H17N5OS2/c29-23(22-24-12-18(31-22)14-6-2-1-3-7-14)28-11-10-16-19(26-13-25-16)20(28)21-27-15-8-4-5-9-17(15)30-21/h1-9,12-13,20H,10-11H2,(H,25,26)/t20-/m0/s1. The van der Waals surface area contributed by atoms with Crippen LogP contribution in [0.4, 0.5) is 0 Å². The van der Waals surface area contributed by atoms with Crippen LogP contribution in [0.5, 0.6) is 0 Å². The summed E-state index contributed by atoms with van der Waals surface area (Å²) in [5.74, 6) is -0.0786. The third-order valence-corrected chi connectivity index (χ3v) is 7.60. The van der Waals surface area contributed by atoms with Crippen LogP contribution in [0.3, 0.4) is 0 Å². The van der Waals surface area contributed by atoms with Gasteiger partial charge in [-0.2, -0.15) is 0 Å². The summed E-state index contributed by atoms with van der Waals surface area (Å²) < 4.78 is 1.10. The van der Waals surface area contributed by atoms with E-state index in [1.807, 2.05) is 53.4 Å². The molecule has 2 aromatic carbocycles. The van der Waals surface area contributed by atoms with E-state index in [-0.39, 0.29) is 11.9 Å². The summed E-state index contributed by atoms with van der Waals surface area (Å²) in [7, 11) is 0. The maximum Gasteiger partial charge on any atom is 0.283 e. The summed E-state index contributed by atoms with van der Waals surface area (Å²) in [5, 5.41) is 1.37. The van der Waals surface area contributed by atoms with Crippen LogP contribution in [0.1, 0.15) is 32.2 Å². The predicted molar refractivity (Wildman–Crippen MR) is 122 cm³/mol. The van der Waals surface area contributed by atoms with Gasteiger partial charge in [0.1, 0.15) is 11.0 Å². The maximum absolute atomic E-state index is 13.6. The maximum atomic E-state index is 13.6. The molecule has 6 nitrogen and oxygen atoms in total. The van der Waals surface area contributed by atoms with E-state index in [2.05, 4.69) is 21.0 Å². The number of amides is 1. The molecular weight excluding hydrogens is 426 g/mol. The molecule has 0 spiro atoms. The fourth-order valence-electron chi connectivity index (χ4n) is 3.98. The van der Waals surface area contributed by atoms with Crippen molar-refractivity contribution in [1.29, 1.82) is 0 Å². The molecule has 0 saturated carbocycles. The summed E-state index contributed by atoms with van der Waals surface area (Å²) >= 11 is 3.04. The van der Waals surface area contributed by atoms with Gasteiger partial charge in [0.2, 0.25) is 0 Å². The van der Waals surface area contributed by atoms with Gasteiger partial charge in [0, 0.05) is 24.9 Å². The molecule has 6 rings (SSSR count). The molecule has 0 saturated heterocycles. The fraction of sp³-hybridized carbons (Fsp3) is 0.130. The summed E-state index contributed by atoms with van der Waals surface area (Å²) in [6, 6.07) is 17.8. The number of para-hydroxylation sites is 1. The molecule has 5 aromatic rings. The minimum atomic E-state index is -0.316. The van der Waals surface area contributed by atoms with Crippen LogP contribution in [0.25, 0.3) is 20.7 Å². The third-order valence-electron chi connectivity index (χ3n) is 5.48. The van der Waals surface area contributed by atoms with Crippen LogP contribution in [0.2, 0.25) is 0 Å². The summed E-state index contributed by atoms with van der Waals surface area (Å²) in [5.41, 5.74) is 3.95. The van der Waals surface area contributed by atoms with Gasteiger partial charge in [0.05, 0.1) is 27.1 Å². The highest BCUT2D eigenvalue weighted by Crippen LogP contribution is 2.38. The first-order valence-corrected chi connectivity index (χ1v) is 11.6. The predicted octanol–water partition coefficient (Wildman–Crippen LogP) is 4.93. The quantitative estimate of drug-likeness (QED) is 0.429. The van der Waals surface area contributed by atoms with Crippen molar-refractivity contribution in [2.45, 2.75) is 12.5 Å². The number of fused-ring (bicyclic) bond motifs is 2. The minimum absolute atomic E-state index is 0.0786. The van der Waals surface area contributed by atoms with E-state index in [9.17, 15) is 4.79 Å². The average Bonchev–Trinajstić information content (AvgIpc) is 3.57. The van der Waals surface area contributed by atoms with Crippen molar-refractivity contribution in [1.82, 2.24) is 24.8 Å². The largest absolute Gasteiger partial charge is 0.348 e. The van der Waals surface area contributed by atoms with Crippen molar-refractivity contribution in [3.05, 3.63) is 88.5 Å². The van der Waals surface area contributed by atoms with Crippen molar-refractivity contribution in [2.75, 3.05) is 6.54 Å². The van der Waals surface area contributed by atoms with Gasteiger partial charge >= 0.3 is 0 Å². The molecule has 31 heavy (non-hydrogen) atoms. The van der Waals surface area contributed by atoms with Crippen LogP contribution >= 0.6 is 22.7 Å². The molecule has 1 aliphatic heterocycles. The van der Waals surface area contributed by atoms with E-state index in [1.165, 1.54) is 11.3 Å². The number of benzene rings is 2. The van der Waals surface area contributed by atoms with Crippen LogP contribution in [0.15, 0.2) is 67.1 Å². The molecule has 0 radical (unpaired) electrons. The van der Waals surface area contributed by atoms with E-state index in [4.69, 9.17) is 4.98 Å². The van der Waals surface area contributed by atoms with Crippen molar-refractivity contribution in [3.63, 3.8) is 0 Å². The van der Waals surface area contributed by atoms with Crippen LogP contribution in [-0.4, -0.2) is 37.3 Å². The first-order valence-electron chi connectivity index (χ1n) is 9.98. The normalized spacial score (nSPS) is 15.9. The zero-order chi connectivity index (χ0) is 20.8. The molecule has 4 heterocycles. The van der Waals surface area contributed by atoms with Crippen LogP contribution < -0.4 is 0 Å². The Morgan fingerprint density at radius 3 is 2.74 bits per heavy atom. The van der Waals surface area contributed by atoms with E-state index in [1.54, 1.807) is 23.9 Å². The Morgan fingerprint density at radius 2 is 1.87 bits per heavy atom. The van der Waals surface area contributed by atoms with Crippen LogP contribution in [0, 0.1) is 0 Å². The topological polar surface area (TPSA) is 74.8 Å². The highest BCUT2D eigenvalue weighted by atomic mass is 32.1. The van der Waals surface area contributed by atoms with Crippen molar-refractivity contribution in [2.24, 2.45) is 0 Å². The van der Waals surface area contributed by atoms with Crippen molar-refractivity contribution < 1.29 is 4.79 Å². The Balaban J connectivity index is 1.40. The SMILES string of the molecule is O=C(c1ncc(-c2ccccc2)s1)N1CCc2[nH]cnc2[C@H]1c1nc2ccccc2s1. The highest BCUT2D eigenvalue weighted by molar-refractivity contribution is 7.18. The van der Waals surface area contributed by atoms with Gasteiger partial charge in [-0.3, -0.25) is 4.79 Å². The van der Waals surface area contributed by atoms with Gasteiger partial charge in [-0.25, -0.2) is 15.0 Å². The molecule has 1 atom stereocenters. The number of nitrogens with one attached hydrogen (secondary N) is 1. The first-order chi connectivity index (χ1) is 15.3. The second kappa shape index (κ2) is 7.40. The fourth-order valence-corrected chi connectivity index (χ4v) is 5.95. The Kier molecular flexibility index (Phi) is 4.40. The monoisotopic (exact) mass is 443 g/mol. The molecule has 0 aliphatic carbocycles. The number of hydrogen-bond acceptors (Lipinski definition) is 6. The molecule has 0 bridgehead atoms. The number of rotatable bonds is 3. The summed E-state index contributed by atoms with van der Waals surface area (Å²) in [6.07, 6.45) is 4.22. The molecule has 152 valence electrons. The van der Waals surface area contributed by atoms with Crippen molar-refractivity contribution in [3.8, 4) is 10.4 Å². The van der Waals surface area contributed by atoms with Gasteiger partial charge in [0.25, 0.3) is 5.91 Å². The zero-order valence-corrected chi connectivity index (χ0v) is 18.0. The zero-order valence-electron chi connectivity index (χ0n) is 16.4. The second-order valence-corrected chi connectivity index (χ2v) is 9.43.